The van der Waals surface area contributed by atoms with Gasteiger partial charge in [0.15, 0.2) is 10.9 Å². The maximum Gasteiger partial charge on any atom is 0.238 e. The second-order valence-electron chi connectivity index (χ2n) is 5.80. The van der Waals surface area contributed by atoms with E-state index in [1.165, 1.54) is 24.3 Å². The fourth-order valence-corrected chi connectivity index (χ4v) is 3.48. The molecule has 0 aliphatic carbocycles. The number of rotatable bonds is 5. The maximum atomic E-state index is 13.0. The molecule has 0 bridgehead atoms. The Morgan fingerprint density at radius 3 is 2.39 bits per heavy atom. The van der Waals surface area contributed by atoms with Crippen molar-refractivity contribution in [1.29, 1.82) is 0 Å². The molecule has 0 unspecified atom stereocenters. The molecule has 0 saturated carbocycles. The highest BCUT2D eigenvalue weighted by molar-refractivity contribution is 9.10. The molecule has 4 N–H and O–H groups in total. The van der Waals surface area contributed by atoms with Gasteiger partial charge in [-0.3, -0.25) is 4.68 Å². The highest BCUT2D eigenvalue weighted by Gasteiger charge is 2.10. The van der Waals surface area contributed by atoms with Crippen LogP contribution in [0.2, 0.25) is 0 Å². The van der Waals surface area contributed by atoms with Gasteiger partial charge in [0.25, 0.3) is 0 Å². The summed E-state index contributed by atoms with van der Waals surface area (Å²) < 4.78 is 37.9. The number of thiocarbonyl (C=S) groups is 1. The molecule has 0 atom stereocenters. The lowest BCUT2D eigenvalue weighted by molar-refractivity contribution is 0.598. The normalized spacial score (nSPS) is 11.2. The summed E-state index contributed by atoms with van der Waals surface area (Å²) >= 11 is 8.67. The van der Waals surface area contributed by atoms with Crippen molar-refractivity contribution in [2.24, 2.45) is 5.14 Å². The summed E-state index contributed by atoms with van der Waals surface area (Å²) in [7, 11) is -3.74. The molecular formula is C17H15BrFN5O2S2. The zero-order valence-electron chi connectivity index (χ0n) is 14.3. The number of hydrogen-bond donors (Lipinski definition) is 3. The van der Waals surface area contributed by atoms with Gasteiger partial charge in [0, 0.05) is 11.9 Å². The highest BCUT2D eigenvalue weighted by atomic mass is 79.9. The van der Waals surface area contributed by atoms with Crippen LogP contribution in [-0.2, 0) is 16.6 Å². The third kappa shape index (κ3) is 5.35. The van der Waals surface area contributed by atoms with Crippen LogP contribution in [0.1, 0.15) is 5.56 Å². The molecule has 0 fully saturated rings. The van der Waals surface area contributed by atoms with Gasteiger partial charge in [0.2, 0.25) is 10.0 Å². The van der Waals surface area contributed by atoms with Gasteiger partial charge in [0.1, 0.15) is 5.82 Å². The number of primary sulfonamides is 1. The van der Waals surface area contributed by atoms with Crippen LogP contribution in [0.15, 0.2) is 64.1 Å². The van der Waals surface area contributed by atoms with Crippen LogP contribution in [-0.4, -0.2) is 23.3 Å². The van der Waals surface area contributed by atoms with Crippen LogP contribution in [0.25, 0.3) is 0 Å². The van der Waals surface area contributed by atoms with Gasteiger partial charge in [-0.25, -0.2) is 17.9 Å². The predicted octanol–water partition coefficient (Wildman–Crippen LogP) is 3.29. The molecule has 0 radical (unpaired) electrons. The first kappa shape index (κ1) is 20.4. The van der Waals surface area contributed by atoms with Gasteiger partial charge in [-0.2, -0.15) is 5.10 Å². The Hall–Kier alpha value is -2.34. The highest BCUT2D eigenvalue weighted by Crippen LogP contribution is 2.21. The summed E-state index contributed by atoms with van der Waals surface area (Å²) in [4.78, 5) is 0.0132. The number of hydrogen-bond acceptors (Lipinski definition) is 4. The second kappa shape index (κ2) is 8.35. The molecule has 3 rings (SSSR count). The van der Waals surface area contributed by atoms with Gasteiger partial charge in [-0.15, -0.1) is 0 Å². The lowest BCUT2D eigenvalue weighted by Crippen LogP contribution is -2.20. The van der Waals surface area contributed by atoms with E-state index in [0.717, 1.165) is 5.56 Å². The van der Waals surface area contributed by atoms with Crippen molar-refractivity contribution in [2.45, 2.75) is 11.4 Å². The quantitative estimate of drug-likeness (QED) is 0.481. The standard InChI is InChI=1S/C17H15BrFN5O2S2/c18-15-10-24(9-11-1-3-12(19)4-2-11)23-16(15)22-17(27)21-13-5-7-14(8-6-13)28(20,25)26/h1-8,10H,9H2,(H2,20,25,26)(H2,21,22,23,27). The number of anilines is 2. The number of benzene rings is 2. The number of nitrogens with one attached hydrogen (secondary N) is 2. The number of nitrogens with two attached hydrogens (primary N) is 1. The smallest absolute Gasteiger partial charge is 0.238 e. The summed E-state index contributed by atoms with van der Waals surface area (Å²) in [5.41, 5.74) is 1.49. The monoisotopic (exact) mass is 483 g/mol. The van der Waals surface area contributed by atoms with E-state index in [1.807, 2.05) is 0 Å². The summed E-state index contributed by atoms with van der Waals surface area (Å²) in [6.07, 6.45) is 1.77. The van der Waals surface area contributed by atoms with E-state index >= 15 is 0 Å². The molecule has 0 aliphatic heterocycles. The van der Waals surface area contributed by atoms with E-state index in [4.69, 9.17) is 17.4 Å². The molecule has 3 aromatic rings. The van der Waals surface area contributed by atoms with Gasteiger partial charge in [-0.05, 0) is 70.1 Å². The fourth-order valence-electron chi connectivity index (χ4n) is 2.34. The Labute approximate surface area is 174 Å². The molecule has 146 valence electrons. The van der Waals surface area contributed by atoms with Gasteiger partial charge in [0.05, 0.1) is 15.9 Å². The number of nitrogens with zero attached hydrogens (tertiary/aromatic N) is 2. The largest absolute Gasteiger partial charge is 0.332 e. The number of sulfonamides is 1. The average molecular weight is 484 g/mol. The topological polar surface area (TPSA) is 102 Å². The lowest BCUT2D eigenvalue weighted by Gasteiger charge is -2.09. The number of halogens is 2. The van der Waals surface area contributed by atoms with Crippen LogP contribution < -0.4 is 15.8 Å². The van der Waals surface area contributed by atoms with Crippen molar-refractivity contribution >= 4 is 54.8 Å². The first-order valence-electron chi connectivity index (χ1n) is 7.89. The van der Waals surface area contributed by atoms with E-state index < -0.39 is 10.0 Å². The van der Waals surface area contributed by atoms with E-state index in [1.54, 1.807) is 35.1 Å². The van der Waals surface area contributed by atoms with E-state index in [2.05, 4.69) is 31.7 Å². The minimum atomic E-state index is -3.74. The molecule has 1 heterocycles. The van der Waals surface area contributed by atoms with Gasteiger partial charge < -0.3 is 10.6 Å². The van der Waals surface area contributed by atoms with Crippen LogP contribution in [0, 0.1) is 5.82 Å². The molecule has 28 heavy (non-hydrogen) atoms. The zero-order chi connectivity index (χ0) is 20.3. The molecule has 0 amide bonds. The Morgan fingerprint density at radius 2 is 1.79 bits per heavy atom. The summed E-state index contributed by atoms with van der Waals surface area (Å²) in [5.74, 6) is 0.210. The fraction of sp³-hybridized carbons (Fsp3) is 0.0588. The molecule has 0 aliphatic rings. The van der Waals surface area contributed by atoms with Crippen molar-refractivity contribution in [3.05, 3.63) is 70.6 Å². The van der Waals surface area contributed by atoms with Crippen LogP contribution >= 0.6 is 28.1 Å². The molecule has 0 saturated heterocycles. The average Bonchev–Trinajstić information content (AvgIpc) is 2.95. The predicted molar refractivity (Wildman–Crippen MR) is 113 cm³/mol. The van der Waals surface area contributed by atoms with E-state index in [-0.39, 0.29) is 15.8 Å². The van der Waals surface area contributed by atoms with Crippen molar-refractivity contribution < 1.29 is 12.8 Å². The molecule has 7 nitrogen and oxygen atoms in total. The molecule has 2 aromatic carbocycles. The van der Waals surface area contributed by atoms with Crippen molar-refractivity contribution in [3.63, 3.8) is 0 Å². The Bertz CT molecular complexity index is 1100. The van der Waals surface area contributed by atoms with Gasteiger partial charge >= 0.3 is 0 Å². The summed E-state index contributed by atoms with van der Waals surface area (Å²) in [5, 5.41) is 15.6. The Balaban J connectivity index is 1.64. The first-order chi connectivity index (χ1) is 13.2. The van der Waals surface area contributed by atoms with Crippen LogP contribution in [0.4, 0.5) is 15.9 Å². The third-order valence-electron chi connectivity index (χ3n) is 3.65. The Morgan fingerprint density at radius 1 is 1.14 bits per heavy atom. The SMILES string of the molecule is NS(=O)(=O)c1ccc(NC(=S)Nc2nn(Cc3ccc(F)cc3)cc2Br)cc1. The first-order valence-corrected chi connectivity index (χ1v) is 10.6. The van der Waals surface area contributed by atoms with Crippen molar-refractivity contribution in [2.75, 3.05) is 10.6 Å². The van der Waals surface area contributed by atoms with E-state index in [0.29, 0.717) is 22.5 Å². The maximum absolute atomic E-state index is 13.0. The minimum absolute atomic E-state index is 0.0132. The third-order valence-corrected chi connectivity index (χ3v) is 5.36. The van der Waals surface area contributed by atoms with E-state index in [9.17, 15) is 12.8 Å². The van der Waals surface area contributed by atoms with Crippen molar-refractivity contribution in [1.82, 2.24) is 9.78 Å². The second-order valence-corrected chi connectivity index (χ2v) is 8.62. The minimum Gasteiger partial charge on any atom is -0.332 e. The molecule has 0 spiro atoms. The van der Waals surface area contributed by atoms with Crippen molar-refractivity contribution in [3.8, 4) is 0 Å². The molecule has 11 heteroatoms. The Kier molecular flexibility index (Phi) is 6.08. The van der Waals surface area contributed by atoms with Crippen LogP contribution in [0.3, 0.4) is 0 Å². The van der Waals surface area contributed by atoms with Gasteiger partial charge in [-0.1, -0.05) is 12.1 Å². The number of aromatic nitrogens is 2. The summed E-state index contributed by atoms with van der Waals surface area (Å²) in [6.45, 7) is 0.468. The molecule has 1 aromatic heterocycles. The summed E-state index contributed by atoms with van der Waals surface area (Å²) in [6, 6.07) is 12.0. The van der Waals surface area contributed by atoms with Crippen LogP contribution in [0.5, 0.6) is 0 Å². The molecular weight excluding hydrogens is 469 g/mol. The zero-order valence-corrected chi connectivity index (χ0v) is 17.5. The lowest BCUT2D eigenvalue weighted by atomic mass is 10.2.